The first-order valence-corrected chi connectivity index (χ1v) is 5.14. The van der Waals surface area contributed by atoms with E-state index in [-0.39, 0.29) is 5.69 Å². The van der Waals surface area contributed by atoms with Crippen LogP contribution in [0.25, 0.3) is 0 Å². The molecule has 2 aromatic rings. The average Bonchev–Trinajstić information content (AvgIpc) is 2.58. The number of rotatable bonds is 2. The number of nitrogens with zero attached hydrogens (tertiary/aromatic N) is 2. The van der Waals surface area contributed by atoms with Crippen LogP contribution in [0.1, 0.15) is 16.1 Å². The van der Waals surface area contributed by atoms with Crippen LogP contribution >= 0.6 is 0 Å². The van der Waals surface area contributed by atoms with Crippen molar-refractivity contribution in [2.45, 2.75) is 6.92 Å². The maximum Gasteiger partial charge on any atom is 0.364 e. The molecule has 88 valence electrons. The Bertz CT molecular complexity index is 541. The molecule has 1 heterocycles. The molecular formula is C12H13N3O2. The zero-order valence-corrected chi connectivity index (χ0v) is 9.68. The molecular weight excluding hydrogens is 218 g/mol. The van der Waals surface area contributed by atoms with E-state index < -0.39 is 5.97 Å². The van der Waals surface area contributed by atoms with E-state index in [1.54, 1.807) is 19.2 Å². The smallest absolute Gasteiger partial charge is 0.364 e. The first-order chi connectivity index (χ1) is 8.08. The Labute approximate surface area is 98.8 Å². The van der Waals surface area contributed by atoms with Crippen LogP contribution in [0.15, 0.2) is 30.5 Å². The summed E-state index contributed by atoms with van der Waals surface area (Å²) in [6.07, 6.45) is 1.42. The largest absolute Gasteiger partial charge is 0.422 e. The summed E-state index contributed by atoms with van der Waals surface area (Å²) in [6, 6.07) is 7.25. The molecule has 0 radical (unpaired) electrons. The van der Waals surface area contributed by atoms with Crippen molar-refractivity contribution in [2.24, 2.45) is 7.05 Å². The van der Waals surface area contributed by atoms with E-state index in [1.807, 2.05) is 19.1 Å². The lowest BCUT2D eigenvalue weighted by Gasteiger charge is -2.05. The van der Waals surface area contributed by atoms with Crippen molar-refractivity contribution in [2.75, 3.05) is 5.73 Å². The second-order valence-corrected chi connectivity index (χ2v) is 3.78. The van der Waals surface area contributed by atoms with Gasteiger partial charge in [-0.3, -0.25) is 4.68 Å². The number of anilines is 1. The van der Waals surface area contributed by atoms with Crippen molar-refractivity contribution >= 4 is 11.7 Å². The summed E-state index contributed by atoms with van der Waals surface area (Å²) >= 11 is 0. The van der Waals surface area contributed by atoms with Gasteiger partial charge >= 0.3 is 5.97 Å². The number of carbonyl (C=O) groups is 1. The lowest BCUT2D eigenvalue weighted by atomic mass is 10.2. The molecule has 17 heavy (non-hydrogen) atoms. The van der Waals surface area contributed by atoms with E-state index in [9.17, 15) is 4.79 Å². The second-order valence-electron chi connectivity index (χ2n) is 3.78. The molecule has 0 atom stereocenters. The van der Waals surface area contributed by atoms with Crippen LogP contribution < -0.4 is 10.5 Å². The molecule has 2 N–H and O–H groups in total. The van der Waals surface area contributed by atoms with Gasteiger partial charge in [0, 0.05) is 7.05 Å². The fourth-order valence-corrected chi connectivity index (χ4v) is 1.54. The molecule has 0 amide bonds. The van der Waals surface area contributed by atoms with Crippen molar-refractivity contribution in [3.8, 4) is 5.75 Å². The lowest BCUT2D eigenvalue weighted by Crippen LogP contribution is -2.15. The van der Waals surface area contributed by atoms with Gasteiger partial charge in [-0.2, -0.15) is 5.10 Å². The third-order valence-corrected chi connectivity index (χ3v) is 2.36. The molecule has 2 rings (SSSR count). The number of hydrogen-bond acceptors (Lipinski definition) is 4. The second kappa shape index (κ2) is 4.29. The fraction of sp³-hybridized carbons (Fsp3) is 0.167. The number of ether oxygens (including phenoxy) is 1. The van der Waals surface area contributed by atoms with Crippen LogP contribution in [-0.4, -0.2) is 15.7 Å². The number of esters is 1. The van der Waals surface area contributed by atoms with Gasteiger partial charge in [0.2, 0.25) is 0 Å². The molecule has 0 aliphatic heterocycles. The summed E-state index contributed by atoms with van der Waals surface area (Å²) in [5.74, 6) is -0.0105. The predicted molar refractivity (Wildman–Crippen MR) is 63.8 cm³/mol. The Kier molecular flexibility index (Phi) is 2.82. The highest BCUT2D eigenvalue weighted by atomic mass is 16.5. The highest BCUT2D eigenvalue weighted by Gasteiger charge is 2.17. The molecule has 0 saturated carbocycles. The van der Waals surface area contributed by atoms with Gasteiger partial charge < -0.3 is 10.5 Å². The number of hydrogen-bond donors (Lipinski definition) is 1. The zero-order chi connectivity index (χ0) is 12.4. The summed E-state index contributed by atoms with van der Waals surface area (Å²) in [5.41, 5.74) is 7.23. The monoisotopic (exact) mass is 231 g/mol. The molecule has 0 bridgehead atoms. The molecule has 0 unspecified atom stereocenters. The van der Waals surface area contributed by atoms with Crippen molar-refractivity contribution in [3.05, 3.63) is 41.7 Å². The van der Waals surface area contributed by atoms with Crippen LogP contribution in [0.4, 0.5) is 5.69 Å². The fourth-order valence-electron chi connectivity index (χ4n) is 1.54. The highest BCUT2D eigenvalue weighted by molar-refractivity contribution is 5.94. The first kappa shape index (κ1) is 11.2. The maximum absolute atomic E-state index is 11.9. The quantitative estimate of drug-likeness (QED) is 0.628. The third-order valence-electron chi connectivity index (χ3n) is 2.36. The minimum absolute atomic E-state index is 0.256. The molecule has 1 aromatic heterocycles. The van der Waals surface area contributed by atoms with E-state index in [2.05, 4.69) is 5.10 Å². The van der Waals surface area contributed by atoms with Crippen molar-refractivity contribution in [3.63, 3.8) is 0 Å². The Morgan fingerprint density at radius 3 is 2.82 bits per heavy atom. The van der Waals surface area contributed by atoms with Gasteiger partial charge in [-0.15, -0.1) is 0 Å². The molecule has 5 nitrogen and oxygen atoms in total. The summed E-state index contributed by atoms with van der Waals surface area (Å²) < 4.78 is 6.62. The van der Waals surface area contributed by atoms with E-state index in [4.69, 9.17) is 10.5 Å². The molecule has 5 heteroatoms. The van der Waals surface area contributed by atoms with E-state index in [0.717, 1.165) is 5.56 Å². The number of carbonyl (C=O) groups excluding carboxylic acids is 1. The first-order valence-electron chi connectivity index (χ1n) is 5.14. The summed E-state index contributed by atoms with van der Waals surface area (Å²) in [7, 11) is 1.64. The van der Waals surface area contributed by atoms with Gasteiger partial charge in [-0.25, -0.2) is 4.79 Å². The highest BCUT2D eigenvalue weighted by Crippen LogP contribution is 2.16. The molecule has 0 saturated heterocycles. The van der Waals surface area contributed by atoms with Gasteiger partial charge in [0.15, 0.2) is 5.69 Å². The molecule has 0 aliphatic carbocycles. The zero-order valence-electron chi connectivity index (χ0n) is 9.68. The standard InChI is InChI=1S/C12H13N3O2/c1-8-4-3-5-9(6-8)17-12(16)11-10(13)7-14-15(11)2/h3-7H,13H2,1-2H3. The van der Waals surface area contributed by atoms with Crippen molar-refractivity contribution in [1.29, 1.82) is 0 Å². The Hall–Kier alpha value is -2.30. The topological polar surface area (TPSA) is 70.1 Å². The number of aryl methyl sites for hydroxylation is 2. The molecule has 0 spiro atoms. The van der Waals surface area contributed by atoms with Gasteiger partial charge in [0.1, 0.15) is 5.75 Å². The molecule has 1 aromatic carbocycles. The van der Waals surface area contributed by atoms with Crippen LogP contribution in [0.2, 0.25) is 0 Å². The summed E-state index contributed by atoms with van der Waals surface area (Å²) in [5, 5.41) is 3.89. The van der Waals surface area contributed by atoms with E-state index in [0.29, 0.717) is 11.4 Å². The van der Waals surface area contributed by atoms with Crippen LogP contribution in [0.3, 0.4) is 0 Å². The average molecular weight is 231 g/mol. The predicted octanol–water partition coefficient (Wildman–Crippen LogP) is 1.53. The minimum Gasteiger partial charge on any atom is -0.422 e. The van der Waals surface area contributed by atoms with Crippen molar-refractivity contribution in [1.82, 2.24) is 9.78 Å². The van der Waals surface area contributed by atoms with E-state index >= 15 is 0 Å². The van der Waals surface area contributed by atoms with Crippen LogP contribution in [-0.2, 0) is 7.05 Å². The van der Waals surface area contributed by atoms with Crippen molar-refractivity contribution < 1.29 is 9.53 Å². The van der Waals surface area contributed by atoms with Crippen LogP contribution in [0, 0.1) is 6.92 Å². The molecule has 0 fully saturated rings. The third kappa shape index (κ3) is 2.28. The number of aromatic nitrogens is 2. The normalized spacial score (nSPS) is 10.2. The van der Waals surface area contributed by atoms with Gasteiger partial charge in [0.25, 0.3) is 0 Å². The number of nitrogens with two attached hydrogens (primary N) is 1. The minimum atomic E-state index is -0.506. The van der Waals surface area contributed by atoms with Gasteiger partial charge in [0.05, 0.1) is 11.9 Å². The Morgan fingerprint density at radius 2 is 2.24 bits per heavy atom. The van der Waals surface area contributed by atoms with E-state index in [1.165, 1.54) is 10.9 Å². The summed E-state index contributed by atoms with van der Waals surface area (Å²) in [6.45, 7) is 1.93. The number of nitrogen functional groups attached to an aromatic ring is 1. The SMILES string of the molecule is Cc1cccc(OC(=O)c2c(N)cnn2C)c1. The Balaban J connectivity index is 2.23. The Morgan fingerprint density at radius 1 is 1.47 bits per heavy atom. The van der Waals surface area contributed by atoms with Gasteiger partial charge in [-0.1, -0.05) is 12.1 Å². The van der Waals surface area contributed by atoms with Gasteiger partial charge in [-0.05, 0) is 24.6 Å². The lowest BCUT2D eigenvalue weighted by molar-refractivity contribution is 0.0724. The molecule has 0 aliphatic rings. The maximum atomic E-state index is 11.9. The van der Waals surface area contributed by atoms with Crippen LogP contribution in [0.5, 0.6) is 5.75 Å². The number of benzene rings is 1. The summed E-state index contributed by atoms with van der Waals surface area (Å²) in [4.78, 5) is 11.9.